The van der Waals surface area contributed by atoms with Crippen LogP contribution >= 0.6 is 0 Å². The first kappa shape index (κ1) is 12.8. The molecule has 0 saturated carbocycles. The summed E-state index contributed by atoms with van der Waals surface area (Å²) in [4.78, 5) is 4.43. The molecule has 0 aliphatic carbocycles. The zero-order valence-electron chi connectivity index (χ0n) is 11.3. The Morgan fingerprint density at radius 1 is 1.06 bits per heavy atom. The zero-order valence-corrected chi connectivity index (χ0v) is 11.3. The fraction of sp³-hybridized carbons (Fsp3) is 0.429. The van der Waals surface area contributed by atoms with Gasteiger partial charge in [-0.05, 0) is 33.3 Å². The molecule has 96 valence electrons. The first-order valence-electron chi connectivity index (χ1n) is 6.01. The Hall–Kier alpha value is -1.68. The largest absolute Gasteiger partial charge is 0.338 e. The van der Waals surface area contributed by atoms with E-state index in [9.17, 15) is 0 Å². The van der Waals surface area contributed by atoms with E-state index in [1.807, 2.05) is 32.0 Å². The van der Waals surface area contributed by atoms with Gasteiger partial charge in [0.05, 0.1) is 11.0 Å². The van der Waals surface area contributed by atoms with E-state index >= 15 is 0 Å². The van der Waals surface area contributed by atoms with Gasteiger partial charge in [0.1, 0.15) is 0 Å². The molecule has 0 aliphatic heterocycles. The number of hydrogen-bond donors (Lipinski definition) is 1. The summed E-state index contributed by atoms with van der Waals surface area (Å²) in [6, 6.07) is 10.1. The van der Waals surface area contributed by atoms with Crippen LogP contribution in [0.4, 0.5) is 0 Å². The van der Waals surface area contributed by atoms with Crippen molar-refractivity contribution >= 4 is 0 Å². The molecule has 2 aromatic rings. The molecule has 0 unspecified atom stereocenters. The van der Waals surface area contributed by atoms with Gasteiger partial charge in [0.25, 0.3) is 0 Å². The first-order chi connectivity index (χ1) is 8.32. The third-order valence-corrected chi connectivity index (χ3v) is 3.03. The summed E-state index contributed by atoms with van der Waals surface area (Å²) in [5.41, 5.74) is 6.19. The van der Waals surface area contributed by atoms with Gasteiger partial charge < -0.3 is 10.3 Å². The summed E-state index contributed by atoms with van der Waals surface area (Å²) in [6.07, 6.45) is 0. The van der Waals surface area contributed by atoms with E-state index in [1.54, 1.807) is 0 Å². The maximum Gasteiger partial charge on any atom is 0.236 e. The molecule has 1 aromatic carbocycles. The van der Waals surface area contributed by atoms with E-state index in [1.165, 1.54) is 0 Å². The van der Waals surface area contributed by atoms with Gasteiger partial charge in [0, 0.05) is 0 Å². The summed E-state index contributed by atoms with van der Waals surface area (Å²) in [6.45, 7) is 7.83. The molecule has 0 fully saturated rings. The Morgan fingerprint density at radius 2 is 1.67 bits per heavy atom. The summed E-state index contributed by atoms with van der Waals surface area (Å²) in [5, 5.41) is 3.97. The highest BCUT2D eigenvalue weighted by atomic mass is 16.5. The maximum atomic E-state index is 5.97. The molecule has 4 heteroatoms. The number of nitrogens with zero attached hydrogens (tertiary/aromatic N) is 2. The van der Waals surface area contributed by atoms with Crippen molar-refractivity contribution in [1.29, 1.82) is 0 Å². The molecular weight excluding hydrogens is 226 g/mol. The molecule has 0 aliphatic rings. The Morgan fingerprint density at radius 3 is 2.17 bits per heavy atom. The Bertz CT molecular complexity index is 523. The van der Waals surface area contributed by atoms with E-state index < -0.39 is 5.54 Å². The maximum absolute atomic E-state index is 5.97. The fourth-order valence-corrected chi connectivity index (χ4v) is 1.72. The van der Waals surface area contributed by atoms with E-state index in [0.717, 1.165) is 5.56 Å². The number of aromatic nitrogens is 2. The number of nitrogens with two attached hydrogens (primary N) is 1. The summed E-state index contributed by atoms with van der Waals surface area (Å²) < 4.78 is 5.37. The van der Waals surface area contributed by atoms with Crippen LogP contribution in [-0.2, 0) is 11.0 Å². The van der Waals surface area contributed by atoms with Crippen LogP contribution in [0.1, 0.15) is 45.0 Å². The van der Waals surface area contributed by atoms with Gasteiger partial charge in [-0.25, -0.2) is 0 Å². The van der Waals surface area contributed by atoms with Gasteiger partial charge >= 0.3 is 0 Å². The molecule has 1 aromatic heterocycles. The second kappa shape index (κ2) is 4.21. The Kier molecular flexibility index (Phi) is 2.99. The second-order valence-electron chi connectivity index (χ2n) is 5.64. The van der Waals surface area contributed by atoms with Crippen molar-refractivity contribution in [3.63, 3.8) is 0 Å². The normalized spacial score (nSPS) is 12.7. The lowest BCUT2D eigenvalue weighted by Crippen LogP contribution is -2.30. The molecular formula is C14H19N3O. The van der Waals surface area contributed by atoms with E-state index in [-0.39, 0.29) is 5.41 Å². The van der Waals surface area contributed by atoms with Gasteiger partial charge in [-0.2, -0.15) is 4.98 Å². The molecule has 0 atom stereocenters. The van der Waals surface area contributed by atoms with Crippen molar-refractivity contribution < 1.29 is 4.52 Å². The van der Waals surface area contributed by atoms with E-state index in [0.29, 0.717) is 11.7 Å². The van der Waals surface area contributed by atoms with Gasteiger partial charge in [0.2, 0.25) is 5.89 Å². The van der Waals surface area contributed by atoms with Crippen molar-refractivity contribution in [3.05, 3.63) is 47.6 Å². The predicted molar refractivity (Wildman–Crippen MR) is 70.1 cm³/mol. The average Bonchev–Trinajstić information content (AvgIpc) is 2.79. The van der Waals surface area contributed by atoms with Gasteiger partial charge in [-0.1, -0.05) is 35.5 Å². The van der Waals surface area contributed by atoms with E-state index in [4.69, 9.17) is 10.3 Å². The standard InChI is InChI=1S/C14H19N3O/c1-13(2,10-8-6-5-7-9-10)12-16-11(17-18-12)14(3,4)15/h5-9H,15H2,1-4H3. The minimum atomic E-state index is -0.589. The molecule has 1 heterocycles. The highest BCUT2D eigenvalue weighted by Gasteiger charge is 2.32. The third kappa shape index (κ3) is 2.29. The lowest BCUT2D eigenvalue weighted by atomic mass is 9.84. The quantitative estimate of drug-likeness (QED) is 0.902. The van der Waals surface area contributed by atoms with E-state index in [2.05, 4.69) is 36.1 Å². The minimum absolute atomic E-state index is 0.322. The van der Waals surface area contributed by atoms with Crippen LogP contribution in [0, 0.1) is 0 Å². The molecule has 2 N–H and O–H groups in total. The average molecular weight is 245 g/mol. The van der Waals surface area contributed by atoms with Gasteiger partial charge in [0.15, 0.2) is 5.82 Å². The number of benzene rings is 1. The monoisotopic (exact) mass is 245 g/mol. The summed E-state index contributed by atoms with van der Waals surface area (Å²) >= 11 is 0. The van der Waals surface area contributed by atoms with Crippen molar-refractivity contribution in [2.24, 2.45) is 5.73 Å². The summed E-state index contributed by atoms with van der Waals surface area (Å²) in [5.74, 6) is 1.11. The zero-order chi connectivity index (χ0) is 13.4. The number of rotatable bonds is 3. The van der Waals surface area contributed by atoms with Crippen molar-refractivity contribution in [2.75, 3.05) is 0 Å². The highest BCUT2D eigenvalue weighted by Crippen LogP contribution is 2.30. The van der Waals surface area contributed by atoms with Crippen molar-refractivity contribution in [1.82, 2.24) is 10.1 Å². The first-order valence-corrected chi connectivity index (χ1v) is 6.01. The highest BCUT2D eigenvalue weighted by molar-refractivity contribution is 5.29. The molecule has 4 nitrogen and oxygen atoms in total. The molecule has 0 bridgehead atoms. The van der Waals surface area contributed by atoms with Gasteiger partial charge in [-0.15, -0.1) is 0 Å². The van der Waals surface area contributed by atoms with Crippen LogP contribution in [-0.4, -0.2) is 10.1 Å². The van der Waals surface area contributed by atoms with Crippen LogP contribution in [0.15, 0.2) is 34.9 Å². The molecule has 18 heavy (non-hydrogen) atoms. The van der Waals surface area contributed by atoms with Crippen LogP contribution in [0.5, 0.6) is 0 Å². The Labute approximate surface area is 107 Å². The summed E-state index contributed by atoms with van der Waals surface area (Å²) in [7, 11) is 0. The smallest absolute Gasteiger partial charge is 0.236 e. The molecule has 0 spiro atoms. The minimum Gasteiger partial charge on any atom is -0.338 e. The topological polar surface area (TPSA) is 64.9 Å². The van der Waals surface area contributed by atoms with Crippen molar-refractivity contribution in [2.45, 2.75) is 38.6 Å². The number of hydrogen-bond acceptors (Lipinski definition) is 4. The SMILES string of the molecule is CC(C)(N)c1noc(C(C)(C)c2ccccc2)n1. The van der Waals surface area contributed by atoms with Crippen LogP contribution in [0.25, 0.3) is 0 Å². The fourth-order valence-electron chi connectivity index (χ4n) is 1.72. The Balaban J connectivity index is 2.40. The van der Waals surface area contributed by atoms with Crippen LogP contribution in [0.2, 0.25) is 0 Å². The van der Waals surface area contributed by atoms with Crippen LogP contribution < -0.4 is 5.73 Å². The van der Waals surface area contributed by atoms with Crippen LogP contribution in [0.3, 0.4) is 0 Å². The predicted octanol–water partition coefficient (Wildman–Crippen LogP) is 2.59. The third-order valence-electron chi connectivity index (χ3n) is 3.03. The lowest BCUT2D eigenvalue weighted by Gasteiger charge is -2.20. The molecule has 0 saturated heterocycles. The second-order valence-corrected chi connectivity index (χ2v) is 5.64. The van der Waals surface area contributed by atoms with Crippen molar-refractivity contribution in [3.8, 4) is 0 Å². The lowest BCUT2D eigenvalue weighted by molar-refractivity contribution is 0.323. The molecule has 0 radical (unpaired) electrons. The molecule has 2 rings (SSSR count). The molecule has 0 amide bonds. The van der Waals surface area contributed by atoms with Gasteiger partial charge in [-0.3, -0.25) is 0 Å².